The largest absolute Gasteiger partial charge is 0.443 e. The fourth-order valence-electron chi connectivity index (χ4n) is 2.65. The number of fused-ring (bicyclic) bond motifs is 1. The van der Waals surface area contributed by atoms with Crippen molar-refractivity contribution in [2.75, 3.05) is 0 Å². The van der Waals surface area contributed by atoms with Gasteiger partial charge in [-0.15, -0.1) is 0 Å². The maximum absolute atomic E-state index is 12.6. The van der Waals surface area contributed by atoms with E-state index >= 15 is 0 Å². The SMILES string of the molecule is CC(C)(C)OC(=O)N1Cc2ccccc2/C1=C/c1ccccc1. The van der Waals surface area contributed by atoms with Gasteiger partial charge in [0.05, 0.1) is 12.2 Å². The second-order valence-electron chi connectivity index (χ2n) is 6.66. The number of benzene rings is 2. The van der Waals surface area contributed by atoms with Crippen molar-refractivity contribution < 1.29 is 9.53 Å². The molecule has 1 heterocycles. The Morgan fingerprint density at radius 2 is 1.70 bits per heavy atom. The number of hydrogen-bond donors (Lipinski definition) is 0. The van der Waals surface area contributed by atoms with Crippen LogP contribution in [-0.4, -0.2) is 16.6 Å². The van der Waals surface area contributed by atoms with Crippen molar-refractivity contribution in [3.8, 4) is 0 Å². The molecule has 0 bridgehead atoms. The summed E-state index contributed by atoms with van der Waals surface area (Å²) in [6.07, 6.45) is 1.73. The molecule has 3 heteroatoms. The van der Waals surface area contributed by atoms with Crippen molar-refractivity contribution in [2.24, 2.45) is 0 Å². The van der Waals surface area contributed by atoms with Crippen LogP contribution < -0.4 is 0 Å². The molecule has 0 saturated heterocycles. The fraction of sp³-hybridized carbons (Fsp3) is 0.250. The highest BCUT2D eigenvalue weighted by Crippen LogP contribution is 2.35. The zero-order chi connectivity index (χ0) is 16.4. The van der Waals surface area contributed by atoms with Crippen molar-refractivity contribution in [3.63, 3.8) is 0 Å². The lowest BCUT2D eigenvalue weighted by molar-refractivity contribution is 0.0353. The summed E-state index contributed by atoms with van der Waals surface area (Å²) in [5, 5.41) is 0. The number of carbonyl (C=O) groups excluding carboxylic acids is 1. The molecule has 2 aromatic rings. The maximum atomic E-state index is 12.6. The third-order valence-corrected chi connectivity index (χ3v) is 3.63. The molecule has 0 atom stereocenters. The predicted octanol–water partition coefficient (Wildman–Crippen LogP) is 4.94. The molecule has 0 radical (unpaired) electrons. The minimum atomic E-state index is -0.510. The normalized spacial score (nSPS) is 15.6. The lowest BCUT2D eigenvalue weighted by atomic mass is 10.1. The minimum absolute atomic E-state index is 0.309. The number of ether oxygens (including phenoxy) is 1. The molecule has 0 spiro atoms. The van der Waals surface area contributed by atoms with Crippen LogP contribution in [0.4, 0.5) is 4.79 Å². The first-order valence-corrected chi connectivity index (χ1v) is 7.79. The van der Waals surface area contributed by atoms with E-state index in [0.717, 1.165) is 22.4 Å². The van der Waals surface area contributed by atoms with Gasteiger partial charge >= 0.3 is 6.09 Å². The number of hydrogen-bond acceptors (Lipinski definition) is 2. The minimum Gasteiger partial charge on any atom is -0.443 e. The maximum Gasteiger partial charge on any atom is 0.415 e. The van der Waals surface area contributed by atoms with Crippen molar-refractivity contribution >= 4 is 17.9 Å². The summed E-state index contributed by atoms with van der Waals surface area (Å²) >= 11 is 0. The molecule has 0 aliphatic carbocycles. The molecular weight excluding hydrogens is 286 g/mol. The number of amides is 1. The molecular formula is C20H21NO2. The molecule has 23 heavy (non-hydrogen) atoms. The van der Waals surface area contributed by atoms with Crippen molar-refractivity contribution in [1.82, 2.24) is 4.90 Å². The summed E-state index contributed by atoms with van der Waals surface area (Å²) in [4.78, 5) is 14.3. The molecule has 3 rings (SSSR count). The standard InChI is InChI=1S/C20H21NO2/c1-20(2,3)23-19(22)21-14-16-11-7-8-12-17(16)18(21)13-15-9-5-4-6-10-15/h4-13H,14H2,1-3H3/b18-13-. The molecule has 3 nitrogen and oxygen atoms in total. The molecule has 1 amide bonds. The van der Waals surface area contributed by atoms with Crippen LogP contribution in [0.2, 0.25) is 0 Å². The van der Waals surface area contributed by atoms with E-state index in [0.29, 0.717) is 6.54 Å². The van der Waals surface area contributed by atoms with Gasteiger partial charge in [0.15, 0.2) is 0 Å². The Morgan fingerprint density at radius 1 is 1.04 bits per heavy atom. The molecule has 0 fully saturated rings. The summed E-state index contributed by atoms with van der Waals surface area (Å²) in [7, 11) is 0. The topological polar surface area (TPSA) is 29.5 Å². The van der Waals surface area contributed by atoms with Gasteiger partial charge in [0.1, 0.15) is 5.60 Å². The van der Waals surface area contributed by atoms with E-state index in [-0.39, 0.29) is 6.09 Å². The van der Waals surface area contributed by atoms with Gasteiger partial charge in [0.2, 0.25) is 0 Å². The van der Waals surface area contributed by atoms with E-state index in [2.05, 4.69) is 12.1 Å². The van der Waals surface area contributed by atoms with Gasteiger partial charge in [-0.1, -0.05) is 54.6 Å². The third-order valence-electron chi connectivity index (χ3n) is 3.63. The summed E-state index contributed by atoms with van der Waals surface area (Å²) in [5.74, 6) is 0. The summed E-state index contributed by atoms with van der Waals surface area (Å²) in [6, 6.07) is 18.1. The highest BCUT2D eigenvalue weighted by Gasteiger charge is 2.31. The zero-order valence-corrected chi connectivity index (χ0v) is 13.7. The quantitative estimate of drug-likeness (QED) is 0.747. The molecule has 0 aromatic heterocycles. The second-order valence-corrected chi connectivity index (χ2v) is 6.66. The van der Waals surface area contributed by atoms with Crippen LogP contribution in [0.15, 0.2) is 54.6 Å². The Hall–Kier alpha value is -2.55. The highest BCUT2D eigenvalue weighted by molar-refractivity contribution is 5.93. The third kappa shape index (κ3) is 3.45. The molecule has 0 saturated carbocycles. The van der Waals surface area contributed by atoms with E-state index in [1.807, 2.05) is 69.3 Å². The summed E-state index contributed by atoms with van der Waals surface area (Å²) in [5.41, 5.74) is 3.67. The van der Waals surface area contributed by atoms with Crippen LogP contribution in [-0.2, 0) is 11.3 Å². The Kier molecular flexibility index (Phi) is 3.95. The van der Waals surface area contributed by atoms with E-state index in [1.54, 1.807) is 4.90 Å². The van der Waals surface area contributed by atoms with E-state index < -0.39 is 5.60 Å². The number of rotatable bonds is 1. The first-order chi connectivity index (χ1) is 10.9. The lowest BCUT2D eigenvalue weighted by Gasteiger charge is -2.25. The first kappa shape index (κ1) is 15.3. The second kappa shape index (κ2) is 5.92. The van der Waals surface area contributed by atoms with Crippen LogP contribution in [0.25, 0.3) is 11.8 Å². The van der Waals surface area contributed by atoms with Gasteiger partial charge in [0.25, 0.3) is 0 Å². The van der Waals surface area contributed by atoms with Gasteiger partial charge < -0.3 is 4.74 Å². The molecule has 0 unspecified atom stereocenters. The van der Waals surface area contributed by atoms with Crippen LogP contribution in [0, 0.1) is 0 Å². The summed E-state index contributed by atoms with van der Waals surface area (Å²) in [6.45, 7) is 6.20. The van der Waals surface area contributed by atoms with Gasteiger partial charge in [-0.2, -0.15) is 0 Å². The number of carbonyl (C=O) groups is 1. The Morgan fingerprint density at radius 3 is 2.39 bits per heavy atom. The van der Waals surface area contributed by atoms with Crippen LogP contribution in [0.5, 0.6) is 0 Å². The monoisotopic (exact) mass is 307 g/mol. The highest BCUT2D eigenvalue weighted by atomic mass is 16.6. The summed E-state index contributed by atoms with van der Waals surface area (Å²) < 4.78 is 5.57. The smallest absolute Gasteiger partial charge is 0.415 e. The van der Waals surface area contributed by atoms with Crippen molar-refractivity contribution in [1.29, 1.82) is 0 Å². The van der Waals surface area contributed by atoms with E-state index in [4.69, 9.17) is 4.74 Å². The van der Waals surface area contributed by atoms with Gasteiger partial charge in [-0.3, -0.25) is 4.90 Å². The van der Waals surface area contributed by atoms with Gasteiger partial charge in [-0.05, 0) is 38.0 Å². The average molecular weight is 307 g/mol. The van der Waals surface area contributed by atoms with Crippen LogP contribution in [0.3, 0.4) is 0 Å². The molecule has 1 aliphatic rings. The van der Waals surface area contributed by atoms with E-state index in [9.17, 15) is 4.79 Å². The molecule has 0 N–H and O–H groups in total. The fourth-order valence-corrected chi connectivity index (χ4v) is 2.65. The van der Waals surface area contributed by atoms with Gasteiger partial charge in [-0.25, -0.2) is 4.79 Å². The molecule has 118 valence electrons. The zero-order valence-electron chi connectivity index (χ0n) is 13.7. The van der Waals surface area contributed by atoms with Crippen molar-refractivity contribution in [2.45, 2.75) is 32.9 Å². The van der Waals surface area contributed by atoms with Crippen LogP contribution >= 0.6 is 0 Å². The van der Waals surface area contributed by atoms with Crippen molar-refractivity contribution in [3.05, 3.63) is 71.3 Å². The average Bonchev–Trinajstić information content (AvgIpc) is 2.86. The van der Waals surface area contributed by atoms with Crippen LogP contribution in [0.1, 0.15) is 37.5 Å². The number of nitrogens with zero attached hydrogens (tertiary/aromatic N) is 1. The Labute approximate surface area is 137 Å². The lowest BCUT2D eigenvalue weighted by Crippen LogP contribution is -2.33. The first-order valence-electron chi connectivity index (χ1n) is 7.79. The predicted molar refractivity (Wildman–Crippen MR) is 92.5 cm³/mol. The Balaban J connectivity index is 2.00. The molecule has 2 aromatic carbocycles. The van der Waals surface area contributed by atoms with Gasteiger partial charge in [0, 0.05) is 5.56 Å². The Bertz CT molecular complexity index is 742. The van der Waals surface area contributed by atoms with E-state index in [1.165, 1.54) is 0 Å². The molecule has 1 aliphatic heterocycles.